The highest BCUT2D eigenvalue weighted by Gasteiger charge is 2.21. The summed E-state index contributed by atoms with van der Waals surface area (Å²) in [5.74, 6) is 0.988. The Morgan fingerprint density at radius 3 is 2.94 bits per heavy atom. The van der Waals surface area contributed by atoms with E-state index in [4.69, 9.17) is 4.42 Å². The van der Waals surface area contributed by atoms with Crippen LogP contribution in [-0.4, -0.2) is 19.5 Å². The highest BCUT2D eigenvalue weighted by atomic mass is 32.1. The average molecular weight is 254 g/mol. The first-order chi connectivity index (χ1) is 8.09. The molecule has 1 atom stereocenters. The van der Waals surface area contributed by atoms with Crippen LogP contribution in [0.3, 0.4) is 0 Å². The van der Waals surface area contributed by atoms with Crippen LogP contribution in [-0.2, 0) is 13.5 Å². The number of oxazole rings is 1. The predicted molar refractivity (Wildman–Crippen MR) is 61.8 cm³/mol. The van der Waals surface area contributed by atoms with Gasteiger partial charge in [0.25, 0.3) is 0 Å². The molecule has 8 heteroatoms. The molecule has 0 amide bonds. The van der Waals surface area contributed by atoms with E-state index in [1.165, 1.54) is 23.2 Å². The van der Waals surface area contributed by atoms with E-state index >= 15 is 0 Å². The SMILES string of the molecule is Cn1c([N+](=O)[O-])cnc1CC(S)c1ncco1. The maximum atomic E-state index is 10.6. The molecule has 0 fully saturated rings. The van der Waals surface area contributed by atoms with Gasteiger partial charge in [-0.15, -0.1) is 0 Å². The Kier molecular flexibility index (Phi) is 3.14. The number of nitro groups is 1. The predicted octanol–water partition coefficient (Wildman–Crippen LogP) is 1.53. The van der Waals surface area contributed by atoms with Crippen LogP contribution in [0.15, 0.2) is 23.1 Å². The van der Waals surface area contributed by atoms with Crippen molar-refractivity contribution in [3.8, 4) is 0 Å². The maximum absolute atomic E-state index is 10.6. The first-order valence-electron chi connectivity index (χ1n) is 4.82. The van der Waals surface area contributed by atoms with Gasteiger partial charge in [-0.2, -0.15) is 12.6 Å². The normalized spacial score (nSPS) is 12.6. The summed E-state index contributed by atoms with van der Waals surface area (Å²) >= 11 is 4.33. The zero-order valence-electron chi connectivity index (χ0n) is 8.98. The molecule has 1 unspecified atom stereocenters. The lowest BCUT2D eigenvalue weighted by Gasteiger charge is -2.03. The van der Waals surface area contributed by atoms with E-state index in [2.05, 4.69) is 22.6 Å². The monoisotopic (exact) mass is 254 g/mol. The molecule has 0 saturated carbocycles. The third kappa shape index (κ3) is 2.31. The third-order valence-corrected chi connectivity index (χ3v) is 2.76. The van der Waals surface area contributed by atoms with Crippen LogP contribution in [0.4, 0.5) is 5.82 Å². The molecule has 0 aromatic carbocycles. The molecule has 0 aliphatic carbocycles. The fraction of sp³-hybridized carbons (Fsp3) is 0.333. The van der Waals surface area contributed by atoms with Crippen molar-refractivity contribution in [2.75, 3.05) is 0 Å². The van der Waals surface area contributed by atoms with Gasteiger partial charge in [0.2, 0.25) is 5.89 Å². The average Bonchev–Trinajstić information content (AvgIpc) is 2.89. The van der Waals surface area contributed by atoms with Crippen LogP contribution in [0, 0.1) is 10.1 Å². The minimum Gasteiger partial charge on any atom is -0.448 e. The Morgan fingerprint density at radius 1 is 1.65 bits per heavy atom. The number of rotatable bonds is 4. The first-order valence-corrected chi connectivity index (χ1v) is 5.33. The number of hydrogen-bond acceptors (Lipinski definition) is 6. The zero-order valence-corrected chi connectivity index (χ0v) is 9.87. The van der Waals surface area contributed by atoms with Gasteiger partial charge < -0.3 is 14.5 Å². The number of hydrogen-bond donors (Lipinski definition) is 1. The third-order valence-electron chi connectivity index (χ3n) is 2.36. The van der Waals surface area contributed by atoms with Crippen molar-refractivity contribution < 1.29 is 9.34 Å². The molecule has 0 aliphatic rings. The first kappa shape index (κ1) is 11.6. The molecule has 0 radical (unpaired) electrons. The second-order valence-corrected chi connectivity index (χ2v) is 4.06. The lowest BCUT2D eigenvalue weighted by atomic mass is 10.3. The Bertz CT molecular complexity index is 522. The Labute approximate surface area is 102 Å². The van der Waals surface area contributed by atoms with E-state index in [0.29, 0.717) is 18.1 Å². The van der Waals surface area contributed by atoms with Crippen molar-refractivity contribution >= 4 is 18.4 Å². The second-order valence-electron chi connectivity index (χ2n) is 3.44. The van der Waals surface area contributed by atoms with Crippen LogP contribution in [0.25, 0.3) is 0 Å². The molecule has 0 spiro atoms. The highest BCUT2D eigenvalue weighted by molar-refractivity contribution is 7.80. The van der Waals surface area contributed by atoms with Crippen LogP contribution in [0.1, 0.15) is 17.0 Å². The topological polar surface area (TPSA) is 87.0 Å². The van der Waals surface area contributed by atoms with Gasteiger partial charge >= 0.3 is 5.82 Å². The number of aromatic nitrogens is 3. The van der Waals surface area contributed by atoms with Crippen molar-refractivity contribution in [2.24, 2.45) is 7.05 Å². The van der Waals surface area contributed by atoms with E-state index in [-0.39, 0.29) is 11.1 Å². The lowest BCUT2D eigenvalue weighted by molar-refractivity contribution is -0.391. The van der Waals surface area contributed by atoms with Crippen LogP contribution in [0.2, 0.25) is 0 Å². The molecule has 0 saturated heterocycles. The van der Waals surface area contributed by atoms with Crippen molar-refractivity contribution in [3.63, 3.8) is 0 Å². The van der Waals surface area contributed by atoms with Crippen molar-refractivity contribution in [3.05, 3.63) is 40.5 Å². The summed E-state index contributed by atoms with van der Waals surface area (Å²) in [6, 6.07) is 0. The smallest absolute Gasteiger partial charge is 0.342 e. The molecule has 2 heterocycles. The second kappa shape index (κ2) is 4.58. The van der Waals surface area contributed by atoms with Crippen molar-refractivity contribution in [1.29, 1.82) is 0 Å². The van der Waals surface area contributed by atoms with E-state index in [1.807, 2.05) is 0 Å². The van der Waals surface area contributed by atoms with Gasteiger partial charge in [0.1, 0.15) is 12.5 Å². The van der Waals surface area contributed by atoms with E-state index < -0.39 is 4.92 Å². The molecule has 0 N–H and O–H groups in total. The molecular weight excluding hydrogens is 244 g/mol. The largest absolute Gasteiger partial charge is 0.448 e. The van der Waals surface area contributed by atoms with Gasteiger partial charge in [-0.1, -0.05) is 0 Å². The fourth-order valence-electron chi connectivity index (χ4n) is 1.46. The maximum Gasteiger partial charge on any atom is 0.342 e. The molecular formula is C9H10N4O3S. The Balaban J connectivity index is 2.17. The molecule has 7 nitrogen and oxygen atoms in total. The van der Waals surface area contributed by atoms with Gasteiger partial charge in [-0.3, -0.25) is 0 Å². The number of thiol groups is 1. The summed E-state index contributed by atoms with van der Waals surface area (Å²) in [5.41, 5.74) is 0. The standard InChI is InChI=1S/C9H10N4O3S/c1-12-7(11-5-8(12)13(14)15)4-6(17)9-10-2-3-16-9/h2-3,5-6,17H,4H2,1H3. The molecule has 0 bridgehead atoms. The molecule has 17 heavy (non-hydrogen) atoms. The van der Waals surface area contributed by atoms with E-state index in [1.54, 1.807) is 7.05 Å². The fourth-order valence-corrected chi connectivity index (χ4v) is 1.75. The minimum atomic E-state index is -0.477. The molecule has 2 aromatic rings. The van der Waals surface area contributed by atoms with E-state index in [0.717, 1.165) is 0 Å². The quantitative estimate of drug-likeness (QED) is 0.508. The lowest BCUT2D eigenvalue weighted by Crippen LogP contribution is -2.05. The van der Waals surface area contributed by atoms with Crippen LogP contribution < -0.4 is 0 Å². The minimum absolute atomic E-state index is 0.0482. The highest BCUT2D eigenvalue weighted by Crippen LogP contribution is 2.23. The van der Waals surface area contributed by atoms with Gasteiger partial charge in [-0.05, 0) is 4.92 Å². The van der Waals surface area contributed by atoms with Gasteiger partial charge in [0, 0.05) is 6.42 Å². The summed E-state index contributed by atoms with van der Waals surface area (Å²) in [6.07, 6.45) is 4.62. The Morgan fingerprint density at radius 2 is 2.41 bits per heavy atom. The summed E-state index contributed by atoms with van der Waals surface area (Å²) < 4.78 is 6.53. The summed E-state index contributed by atoms with van der Waals surface area (Å²) in [4.78, 5) is 18.1. The van der Waals surface area contributed by atoms with Gasteiger partial charge in [0.15, 0.2) is 5.82 Å². The summed E-state index contributed by atoms with van der Waals surface area (Å²) in [7, 11) is 1.59. The Hall–Kier alpha value is -1.83. The van der Waals surface area contributed by atoms with Crippen LogP contribution >= 0.6 is 12.6 Å². The molecule has 2 rings (SSSR count). The molecule has 0 aliphatic heterocycles. The van der Waals surface area contributed by atoms with Crippen molar-refractivity contribution in [1.82, 2.24) is 14.5 Å². The summed E-state index contributed by atoms with van der Waals surface area (Å²) in [5, 5.41) is 10.4. The number of imidazole rings is 1. The van der Waals surface area contributed by atoms with Gasteiger partial charge in [0.05, 0.1) is 18.5 Å². The van der Waals surface area contributed by atoms with Crippen LogP contribution in [0.5, 0.6) is 0 Å². The van der Waals surface area contributed by atoms with Crippen molar-refractivity contribution in [2.45, 2.75) is 11.7 Å². The van der Waals surface area contributed by atoms with E-state index in [9.17, 15) is 10.1 Å². The van der Waals surface area contributed by atoms with Gasteiger partial charge in [-0.25, -0.2) is 14.5 Å². The number of nitrogens with zero attached hydrogens (tertiary/aromatic N) is 4. The molecule has 2 aromatic heterocycles. The summed E-state index contributed by atoms with van der Waals surface area (Å²) in [6.45, 7) is 0. The molecule has 90 valence electrons. The zero-order chi connectivity index (χ0) is 12.4.